The van der Waals surface area contributed by atoms with Gasteiger partial charge in [0.05, 0.1) is 0 Å². The summed E-state index contributed by atoms with van der Waals surface area (Å²) < 4.78 is 10.3. The molecule has 2 saturated heterocycles. The Kier molecular flexibility index (Phi) is 8.46. The summed E-state index contributed by atoms with van der Waals surface area (Å²) in [5.74, 6) is 0.580. The van der Waals surface area contributed by atoms with E-state index in [1.165, 1.54) is 0 Å². The first-order chi connectivity index (χ1) is 9.58. The molecule has 0 unspecified atom stereocenters. The quantitative estimate of drug-likeness (QED) is 0.858. The van der Waals surface area contributed by atoms with Gasteiger partial charge < -0.3 is 19.4 Å². The molecule has 0 spiro atoms. The third-order valence-corrected chi connectivity index (χ3v) is 3.72. The first kappa shape index (κ1) is 17.1. The highest BCUT2D eigenvalue weighted by atomic mass is 16.5. The van der Waals surface area contributed by atoms with Crippen LogP contribution >= 0.6 is 0 Å². The Hall–Kier alpha value is -0.940. The van der Waals surface area contributed by atoms with Gasteiger partial charge in [0.25, 0.3) is 0 Å². The fourth-order valence-corrected chi connectivity index (χ4v) is 2.55. The van der Waals surface area contributed by atoms with Crippen LogP contribution in [0, 0.1) is 11.8 Å². The maximum Gasteiger partial charge on any atom is 0.303 e. The van der Waals surface area contributed by atoms with Crippen LogP contribution in [-0.2, 0) is 19.1 Å². The second kappa shape index (κ2) is 9.88. The van der Waals surface area contributed by atoms with Gasteiger partial charge in [-0.25, -0.2) is 0 Å². The summed E-state index contributed by atoms with van der Waals surface area (Å²) in [4.78, 5) is 20.9. The number of carbonyl (C=O) groups excluding carboxylic acids is 1. The zero-order valence-electron chi connectivity index (χ0n) is 12.3. The predicted octanol–water partition coefficient (Wildman–Crippen LogP) is 2.28. The molecule has 0 aromatic heterocycles. The molecule has 0 saturated carbocycles. The number of carboxylic acids is 1. The van der Waals surface area contributed by atoms with Gasteiger partial charge in [-0.1, -0.05) is 0 Å². The summed E-state index contributed by atoms with van der Waals surface area (Å²) in [6.07, 6.45) is 5.02. The summed E-state index contributed by atoms with van der Waals surface area (Å²) in [6, 6.07) is 0. The van der Waals surface area contributed by atoms with Crippen molar-refractivity contribution in [1.29, 1.82) is 0 Å². The number of ketones is 1. The average molecular weight is 286 g/mol. The van der Waals surface area contributed by atoms with Gasteiger partial charge in [-0.3, -0.25) is 4.79 Å². The molecule has 0 atom stereocenters. The van der Waals surface area contributed by atoms with Crippen molar-refractivity contribution < 1.29 is 24.2 Å². The highest BCUT2D eigenvalue weighted by molar-refractivity contribution is 5.75. The van der Waals surface area contributed by atoms with Gasteiger partial charge in [0.2, 0.25) is 0 Å². The van der Waals surface area contributed by atoms with E-state index in [0.717, 1.165) is 58.5 Å². The summed E-state index contributed by atoms with van der Waals surface area (Å²) in [6.45, 7) is 4.82. The number of hydrogen-bond acceptors (Lipinski definition) is 4. The Balaban J connectivity index is 0.000000200. The molecule has 1 N–H and O–H groups in total. The van der Waals surface area contributed by atoms with Crippen LogP contribution in [0.2, 0.25) is 0 Å². The van der Waals surface area contributed by atoms with Crippen molar-refractivity contribution in [2.45, 2.75) is 45.4 Å². The van der Waals surface area contributed by atoms with Crippen molar-refractivity contribution in [2.24, 2.45) is 11.8 Å². The third kappa shape index (κ3) is 8.27. The SMILES string of the molecule is CC(=O)CC1CCOCC1.O=C(O)CC1CCOCC1. The minimum Gasteiger partial charge on any atom is -0.481 e. The Labute approximate surface area is 120 Å². The van der Waals surface area contributed by atoms with E-state index in [2.05, 4.69) is 0 Å². The molecule has 2 fully saturated rings. The lowest BCUT2D eigenvalue weighted by atomic mass is 9.95. The van der Waals surface area contributed by atoms with Gasteiger partial charge in [0.1, 0.15) is 5.78 Å². The van der Waals surface area contributed by atoms with Crippen LogP contribution in [-0.4, -0.2) is 43.3 Å². The van der Waals surface area contributed by atoms with Crippen molar-refractivity contribution in [3.05, 3.63) is 0 Å². The molecule has 0 aromatic rings. The molecular weight excluding hydrogens is 260 g/mol. The fourth-order valence-electron chi connectivity index (χ4n) is 2.55. The van der Waals surface area contributed by atoms with Crippen LogP contribution in [0.1, 0.15) is 45.4 Å². The standard InChI is InChI=1S/C8H14O2.C7H12O3/c1-7(9)6-8-2-4-10-5-3-8;8-7(9)5-6-1-3-10-4-2-6/h8H,2-6H2,1H3;6H,1-5H2,(H,8,9). The zero-order valence-corrected chi connectivity index (χ0v) is 12.3. The zero-order chi connectivity index (χ0) is 14.8. The second-order valence-electron chi connectivity index (χ2n) is 5.62. The van der Waals surface area contributed by atoms with Crippen LogP contribution in [0.3, 0.4) is 0 Å². The minimum atomic E-state index is -0.688. The normalized spacial score (nSPS) is 20.9. The summed E-state index contributed by atoms with van der Waals surface area (Å²) in [5, 5.41) is 8.42. The van der Waals surface area contributed by atoms with E-state index in [0.29, 0.717) is 24.0 Å². The average Bonchev–Trinajstić information content (AvgIpc) is 2.40. The maximum absolute atomic E-state index is 10.7. The summed E-state index contributed by atoms with van der Waals surface area (Å²) >= 11 is 0. The number of carbonyl (C=O) groups is 2. The molecule has 0 aromatic carbocycles. The topological polar surface area (TPSA) is 72.8 Å². The van der Waals surface area contributed by atoms with Crippen molar-refractivity contribution in [3.63, 3.8) is 0 Å². The number of rotatable bonds is 4. The molecule has 0 amide bonds. The van der Waals surface area contributed by atoms with Crippen molar-refractivity contribution in [3.8, 4) is 0 Å². The molecule has 20 heavy (non-hydrogen) atoms. The Bertz CT molecular complexity index is 261. The highest BCUT2D eigenvalue weighted by Crippen LogP contribution is 2.18. The van der Waals surface area contributed by atoms with Gasteiger partial charge in [0.15, 0.2) is 0 Å². The lowest BCUT2D eigenvalue weighted by Gasteiger charge is -2.20. The summed E-state index contributed by atoms with van der Waals surface area (Å²) in [7, 11) is 0. The van der Waals surface area contributed by atoms with Crippen LogP contribution in [0.5, 0.6) is 0 Å². The third-order valence-electron chi connectivity index (χ3n) is 3.72. The Morgan fingerprint density at radius 2 is 1.30 bits per heavy atom. The number of Topliss-reactive ketones (excluding diaryl/α,β-unsaturated/α-hetero) is 1. The molecule has 0 bridgehead atoms. The number of ether oxygens (including phenoxy) is 2. The van der Waals surface area contributed by atoms with Crippen LogP contribution in [0.4, 0.5) is 0 Å². The van der Waals surface area contributed by atoms with E-state index >= 15 is 0 Å². The largest absolute Gasteiger partial charge is 0.481 e. The first-order valence-electron chi connectivity index (χ1n) is 7.44. The van der Waals surface area contributed by atoms with Gasteiger partial charge in [-0.05, 0) is 44.4 Å². The van der Waals surface area contributed by atoms with Crippen LogP contribution in [0.25, 0.3) is 0 Å². The van der Waals surface area contributed by atoms with E-state index in [-0.39, 0.29) is 0 Å². The van der Waals surface area contributed by atoms with E-state index in [9.17, 15) is 9.59 Å². The number of carboxylic acid groups (broad SMARTS) is 1. The summed E-state index contributed by atoms with van der Waals surface area (Å²) in [5.41, 5.74) is 0. The van der Waals surface area contributed by atoms with Gasteiger partial charge >= 0.3 is 5.97 Å². The van der Waals surface area contributed by atoms with Crippen molar-refractivity contribution in [1.82, 2.24) is 0 Å². The molecule has 116 valence electrons. The van der Waals surface area contributed by atoms with Gasteiger partial charge in [0, 0.05) is 39.3 Å². The number of hydrogen-bond donors (Lipinski definition) is 1. The second-order valence-corrected chi connectivity index (χ2v) is 5.62. The fraction of sp³-hybridized carbons (Fsp3) is 0.867. The molecule has 2 rings (SSSR count). The molecule has 0 radical (unpaired) electrons. The maximum atomic E-state index is 10.7. The lowest BCUT2D eigenvalue weighted by Crippen LogP contribution is -2.18. The molecule has 2 aliphatic heterocycles. The Morgan fingerprint density at radius 1 is 0.900 bits per heavy atom. The van der Waals surface area contributed by atoms with Crippen molar-refractivity contribution in [2.75, 3.05) is 26.4 Å². The van der Waals surface area contributed by atoms with Crippen molar-refractivity contribution >= 4 is 11.8 Å². The molecule has 5 heteroatoms. The Morgan fingerprint density at radius 3 is 1.65 bits per heavy atom. The lowest BCUT2D eigenvalue weighted by molar-refractivity contribution is -0.138. The van der Waals surface area contributed by atoms with E-state index in [1.807, 2.05) is 0 Å². The van der Waals surface area contributed by atoms with Crippen LogP contribution in [0.15, 0.2) is 0 Å². The minimum absolute atomic E-state index is 0.309. The van der Waals surface area contributed by atoms with E-state index in [1.54, 1.807) is 6.92 Å². The van der Waals surface area contributed by atoms with Crippen LogP contribution < -0.4 is 0 Å². The molecular formula is C15H26O5. The monoisotopic (exact) mass is 286 g/mol. The van der Waals surface area contributed by atoms with E-state index in [4.69, 9.17) is 14.6 Å². The smallest absolute Gasteiger partial charge is 0.303 e. The van der Waals surface area contributed by atoms with Gasteiger partial charge in [-0.2, -0.15) is 0 Å². The molecule has 0 aliphatic carbocycles. The first-order valence-corrected chi connectivity index (χ1v) is 7.44. The van der Waals surface area contributed by atoms with Gasteiger partial charge in [-0.15, -0.1) is 0 Å². The highest BCUT2D eigenvalue weighted by Gasteiger charge is 2.16. The number of aliphatic carboxylic acids is 1. The van der Waals surface area contributed by atoms with E-state index < -0.39 is 5.97 Å². The predicted molar refractivity (Wildman–Crippen MR) is 74.6 cm³/mol. The molecule has 5 nitrogen and oxygen atoms in total. The molecule has 2 aliphatic rings. The molecule has 2 heterocycles.